The summed E-state index contributed by atoms with van der Waals surface area (Å²) in [5.41, 5.74) is 1.09. The Bertz CT molecular complexity index is 704. The molecule has 1 aromatic heterocycles. The average molecular weight is 287 g/mol. The van der Waals surface area contributed by atoms with Gasteiger partial charge in [0.1, 0.15) is 6.07 Å². The molecule has 0 aliphatic carbocycles. The molecule has 0 fully saturated rings. The minimum atomic E-state index is -0.791. The Morgan fingerprint density at radius 2 is 2.38 bits per heavy atom. The van der Waals surface area contributed by atoms with Crippen molar-refractivity contribution in [1.82, 2.24) is 9.78 Å². The van der Waals surface area contributed by atoms with Gasteiger partial charge in [-0.15, -0.1) is 0 Å². The van der Waals surface area contributed by atoms with Crippen LogP contribution in [-0.4, -0.2) is 26.4 Å². The molecule has 0 bridgehead atoms. The molecule has 1 unspecified atom stereocenters. The number of nitrogens with one attached hydrogen (secondary N) is 1. The van der Waals surface area contributed by atoms with Crippen LogP contribution in [0.2, 0.25) is 0 Å². The third-order valence-electron chi connectivity index (χ3n) is 2.93. The number of hydrogen-bond donors (Lipinski definition) is 2. The minimum Gasteiger partial charge on any atom is -0.386 e. The van der Waals surface area contributed by atoms with E-state index >= 15 is 0 Å². The lowest BCUT2D eigenvalue weighted by Gasteiger charge is -2.12. The summed E-state index contributed by atoms with van der Waals surface area (Å²) in [6.45, 7) is 0.165. The SMILES string of the molecule is Cn1cc(C(O)CNc2ccc([N+](=O)[O-])cc2C#N)cn1. The molecular weight excluding hydrogens is 274 g/mol. The second-order valence-electron chi connectivity index (χ2n) is 4.44. The van der Waals surface area contributed by atoms with Crippen molar-refractivity contribution in [2.75, 3.05) is 11.9 Å². The van der Waals surface area contributed by atoms with Crippen LogP contribution in [0.4, 0.5) is 11.4 Å². The second-order valence-corrected chi connectivity index (χ2v) is 4.44. The van der Waals surface area contributed by atoms with E-state index in [9.17, 15) is 15.2 Å². The normalized spacial score (nSPS) is 11.7. The average Bonchev–Trinajstić information content (AvgIpc) is 2.91. The van der Waals surface area contributed by atoms with Crippen molar-refractivity contribution in [3.8, 4) is 6.07 Å². The van der Waals surface area contributed by atoms with E-state index in [1.54, 1.807) is 24.1 Å². The highest BCUT2D eigenvalue weighted by molar-refractivity contribution is 5.61. The minimum absolute atomic E-state index is 0.148. The Kier molecular flexibility index (Phi) is 4.15. The molecule has 21 heavy (non-hydrogen) atoms. The van der Waals surface area contributed by atoms with Crippen LogP contribution in [0, 0.1) is 21.4 Å². The first kappa shape index (κ1) is 14.5. The lowest BCUT2D eigenvalue weighted by atomic mass is 10.1. The number of hydrogen-bond acceptors (Lipinski definition) is 6. The summed E-state index contributed by atoms with van der Waals surface area (Å²) in [4.78, 5) is 10.1. The van der Waals surface area contributed by atoms with Crippen LogP contribution in [0.25, 0.3) is 0 Å². The summed E-state index contributed by atoms with van der Waals surface area (Å²) in [6.07, 6.45) is 2.45. The molecular formula is C13H13N5O3. The van der Waals surface area contributed by atoms with Crippen LogP contribution in [0.1, 0.15) is 17.2 Å². The highest BCUT2D eigenvalue weighted by Crippen LogP contribution is 2.22. The van der Waals surface area contributed by atoms with Gasteiger partial charge in [-0.3, -0.25) is 14.8 Å². The fraction of sp³-hybridized carbons (Fsp3) is 0.231. The van der Waals surface area contributed by atoms with Crippen molar-refractivity contribution in [2.24, 2.45) is 7.05 Å². The van der Waals surface area contributed by atoms with Gasteiger partial charge in [-0.2, -0.15) is 10.4 Å². The van der Waals surface area contributed by atoms with Gasteiger partial charge in [0.15, 0.2) is 0 Å². The Morgan fingerprint density at radius 3 is 2.95 bits per heavy atom. The summed E-state index contributed by atoms with van der Waals surface area (Å²) in [5.74, 6) is 0. The lowest BCUT2D eigenvalue weighted by Crippen LogP contribution is -2.12. The third kappa shape index (κ3) is 3.34. The number of nitriles is 1. The van der Waals surface area contributed by atoms with E-state index in [0.717, 1.165) is 0 Å². The maximum Gasteiger partial charge on any atom is 0.270 e. The number of aliphatic hydroxyl groups excluding tert-OH is 1. The van der Waals surface area contributed by atoms with Crippen LogP contribution < -0.4 is 5.32 Å². The van der Waals surface area contributed by atoms with Gasteiger partial charge in [0.25, 0.3) is 5.69 Å². The molecule has 2 rings (SSSR count). The second kappa shape index (κ2) is 6.02. The maximum absolute atomic E-state index is 10.7. The van der Waals surface area contributed by atoms with Crippen molar-refractivity contribution in [2.45, 2.75) is 6.10 Å². The van der Waals surface area contributed by atoms with Crippen LogP contribution >= 0.6 is 0 Å². The predicted octanol–water partition coefficient (Wildman–Crippen LogP) is 1.35. The van der Waals surface area contributed by atoms with Crippen LogP contribution in [0.3, 0.4) is 0 Å². The van der Waals surface area contributed by atoms with E-state index < -0.39 is 11.0 Å². The number of anilines is 1. The van der Waals surface area contributed by atoms with Crippen molar-refractivity contribution >= 4 is 11.4 Å². The third-order valence-corrected chi connectivity index (χ3v) is 2.93. The van der Waals surface area contributed by atoms with Crippen LogP contribution in [0.15, 0.2) is 30.6 Å². The molecule has 0 saturated heterocycles. The smallest absolute Gasteiger partial charge is 0.270 e. The highest BCUT2D eigenvalue weighted by atomic mass is 16.6. The first-order valence-corrected chi connectivity index (χ1v) is 6.10. The van der Waals surface area contributed by atoms with Gasteiger partial charge in [-0.25, -0.2) is 0 Å². The number of benzene rings is 1. The fourth-order valence-electron chi connectivity index (χ4n) is 1.83. The summed E-state index contributed by atoms with van der Waals surface area (Å²) < 4.78 is 1.57. The molecule has 8 nitrogen and oxygen atoms in total. The Morgan fingerprint density at radius 1 is 1.62 bits per heavy atom. The number of nitro groups is 1. The summed E-state index contributed by atoms with van der Waals surface area (Å²) in [6, 6.07) is 5.84. The number of aromatic nitrogens is 2. The van der Waals surface area contributed by atoms with E-state index in [-0.39, 0.29) is 17.8 Å². The van der Waals surface area contributed by atoms with Crippen molar-refractivity contribution in [3.63, 3.8) is 0 Å². The highest BCUT2D eigenvalue weighted by Gasteiger charge is 2.13. The quantitative estimate of drug-likeness (QED) is 0.633. The summed E-state index contributed by atoms with van der Waals surface area (Å²) in [5, 5.41) is 36.5. The Balaban J connectivity index is 2.09. The molecule has 8 heteroatoms. The van der Waals surface area contributed by atoms with Gasteiger partial charge >= 0.3 is 0 Å². The van der Waals surface area contributed by atoms with E-state index in [4.69, 9.17) is 5.26 Å². The summed E-state index contributed by atoms with van der Waals surface area (Å²) in [7, 11) is 1.74. The Labute approximate surface area is 120 Å². The molecule has 0 saturated carbocycles. The fourth-order valence-corrected chi connectivity index (χ4v) is 1.83. The zero-order chi connectivity index (χ0) is 15.4. The zero-order valence-electron chi connectivity index (χ0n) is 11.2. The number of nitrogens with zero attached hydrogens (tertiary/aromatic N) is 4. The van der Waals surface area contributed by atoms with E-state index in [1.165, 1.54) is 18.2 Å². The molecule has 0 spiro atoms. The van der Waals surface area contributed by atoms with Crippen LogP contribution in [0.5, 0.6) is 0 Å². The van der Waals surface area contributed by atoms with Gasteiger partial charge < -0.3 is 10.4 Å². The molecule has 108 valence electrons. The number of rotatable bonds is 5. The number of non-ortho nitro benzene ring substituents is 1. The van der Waals surface area contributed by atoms with Gasteiger partial charge in [0, 0.05) is 37.5 Å². The standard InChI is InChI=1S/C13H13N5O3/c1-17-8-10(6-16-17)13(19)7-15-12-3-2-11(18(20)21)4-9(12)5-14/h2-4,6,8,13,15,19H,7H2,1H3. The molecule has 0 amide bonds. The molecule has 0 radical (unpaired) electrons. The number of aryl methyl sites for hydroxylation is 1. The molecule has 2 aromatic rings. The Hall–Kier alpha value is -2.92. The molecule has 1 heterocycles. The first-order chi connectivity index (χ1) is 10.0. The lowest BCUT2D eigenvalue weighted by molar-refractivity contribution is -0.384. The molecule has 0 aliphatic rings. The van der Waals surface area contributed by atoms with Gasteiger partial charge in [-0.1, -0.05) is 0 Å². The van der Waals surface area contributed by atoms with Crippen LogP contribution in [-0.2, 0) is 7.05 Å². The number of aliphatic hydroxyl groups is 1. The van der Waals surface area contributed by atoms with Crippen molar-refractivity contribution < 1.29 is 10.0 Å². The largest absolute Gasteiger partial charge is 0.386 e. The maximum atomic E-state index is 10.7. The van der Waals surface area contributed by atoms with Crippen molar-refractivity contribution in [1.29, 1.82) is 5.26 Å². The van der Waals surface area contributed by atoms with E-state index in [1.807, 2.05) is 6.07 Å². The van der Waals surface area contributed by atoms with Gasteiger partial charge in [0.05, 0.1) is 28.5 Å². The van der Waals surface area contributed by atoms with Gasteiger partial charge in [0.2, 0.25) is 0 Å². The predicted molar refractivity (Wildman–Crippen MR) is 74.5 cm³/mol. The molecule has 2 N–H and O–H groups in total. The summed E-state index contributed by atoms with van der Waals surface area (Å²) >= 11 is 0. The molecule has 1 aromatic carbocycles. The first-order valence-electron chi connectivity index (χ1n) is 6.10. The topological polar surface area (TPSA) is 117 Å². The van der Waals surface area contributed by atoms with E-state index in [0.29, 0.717) is 11.3 Å². The number of nitro benzene ring substituents is 1. The van der Waals surface area contributed by atoms with Crippen molar-refractivity contribution in [3.05, 3.63) is 51.8 Å². The van der Waals surface area contributed by atoms with Gasteiger partial charge in [-0.05, 0) is 6.07 Å². The van der Waals surface area contributed by atoms with E-state index in [2.05, 4.69) is 10.4 Å². The molecule has 0 aliphatic heterocycles. The molecule has 1 atom stereocenters. The zero-order valence-corrected chi connectivity index (χ0v) is 11.2. The monoisotopic (exact) mass is 287 g/mol.